The molecule has 0 aliphatic carbocycles. The van der Waals surface area contributed by atoms with E-state index in [0.29, 0.717) is 5.56 Å². The third-order valence-electron chi connectivity index (χ3n) is 7.32. The number of aromatic hydroxyl groups is 2. The maximum absolute atomic E-state index is 12.8. The van der Waals surface area contributed by atoms with Gasteiger partial charge in [-0.2, -0.15) is 0 Å². The van der Waals surface area contributed by atoms with Gasteiger partial charge in [-0.25, -0.2) is 9.78 Å². The minimum atomic E-state index is -1.67. The van der Waals surface area contributed by atoms with Crippen LogP contribution in [0.3, 0.4) is 0 Å². The SMILES string of the molecule is CC1OC(OC2C(COc3cc(O)c4c(c3)OC(c3ccc(O)cc3)CC4=O)OOC(CO)C2O)C(O)C(O)C1O. The average molecular weight is 581 g/mol. The minimum Gasteiger partial charge on any atom is -0.508 e. The topological polar surface area (TPSA) is 214 Å². The second-order valence-corrected chi connectivity index (χ2v) is 10.2. The molecule has 3 aliphatic rings. The van der Waals surface area contributed by atoms with Gasteiger partial charge in [0.15, 0.2) is 18.2 Å². The molecule has 2 saturated heterocycles. The number of aliphatic hydroxyl groups excluding tert-OH is 5. The molecule has 0 bridgehead atoms. The minimum absolute atomic E-state index is 0.00894. The third kappa shape index (κ3) is 5.97. The molecule has 2 aromatic carbocycles. The van der Waals surface area contributed by atoms with Crippen LogP contribution < -0.4 is 9.47 Å². The molecule has 14 heteroatoms. The number of fused-ring (bicyclic) bond motifs is 1. The van der Waals surface area contributed by atoms with E-state index in [-0.39, 0.29) is 47.4 Å². The molecule has 14 nitrogen and oxygen atoms in total. The number of aliphatic hydroxyl groups is 5. The molecule has 7 N–H and O–H groups in total. The van der Waals surface area contributed by atoms with E-state index in [2.05, 4.69) is 0 Å². The second kappa shape index (κ2) is 12.1. The first-order chi connectivity index (χ1) is 19.6. The lowest BCUT2D eigenvalue weighted by Gasteiger charge is -2.44. The summed E-state index contributed by atoms with van der Waals surface area (Å²) in [4.78, 5) is 23.1. The average Bonchev–Trinajstić information content (AvgIpc) is 2.94. The van der Waals surface area contributed by atoms with E-state index in [4.69, 9.17) is 28.7 Å². The Morgan fingerprint density at radius 1 is 0.927 bits per heavy atom. The molecule has 10 unspecified atom stereocenters. The van der Waals surface area contributed by atoms with E-state index in [0.717, 1.165) is 0 Å². The first kappa shape index (κ1) is 29.4. The van der Waals surface area contributed by atoms with Gasteiger partial charge in [0.05, 0.1) is 19.1 Å². The van der Waals surface area contributed by atoms with Crippen LogP contribution in [0.25, 0.3) is 0 Å². The van der Waals surface area contributed by atoms with Crippen LogP contribution in [-0.4, -0.2) is 110 Å². The molecule has 0 aromatic heterocycles. The highest BCUT2D eigenvalue weighted by Gasteiger charge is 2.48. The van der Waals surface area contributed by atoms with E-state index in [1.807, 2.05) is 0 Å². The van der Waals surface area contributed by atoms with Crippen molar-refractivity contribution in [2.24, 2.45) is 0 Å². The summed E-state index contributed by atoms with van der Waals surface area (Å²) in [6.07, 6.45) is -12.9. The Morgan fingerprint density at radius 3 is 2.34 bits per heavy atom. The molecule has 3 aliphatic heterocycles. The fourth-order valence-electron chi connectivity index (χ4n) is 4.95. The molecular formula is C27H32O14. The number of Topliss-reactive ketones (excluding diaryl/α,β-unsaturated/α-hetero) is 1. The predicted octanol–water partition coefficient (Wildman–Crippen LogP) is -0.552. The van der Waals surface area contributed by atoms with Crippen molar-refractivity contribution in [3.05, 3.63) is 47.5 Å². The number of hydrogen-bond acceptors (Lipinski definition) is 14. The molecule has 3 heterocycles. The van der Waals surface area contributed by atoms with Crippen LogP contribution in [0.2, 0.25) is 0 Å². The second-order valence-electron chi connectivity index (χ2n) is 10.2. The number of carbonyl (C=O) groups is 1. The number of phenols is 2. The summed E-state index contributed by atoms with van der Waals surface area (Å²) in [7, 11) is 0. The van der Waals surface area contributed by atoms with Crippen LogP contribution in [0.4, 0.5) is 0 Å². The quantitative estimate of drug-likeness (QED) is 0.205. The molecule has 0 radical (unpaired) electrons. The van der Waals surface area contributed by atoms with Crippen molar-refractivity contribution in [2.75, 3.05) is 13.2 Å². The number of ether oxygens (including phenoxy) is 4. The zero-order valence-corrected chi connectivity index (χ0v) is 21.8. The van der Waals surface area contributed by atoms with Gasteiger partial charge in [0.1, 0.15) is 77.9 Å². The van der Waals surface area contributed by atoms with Gasteiger partial charge in [0.2, 0.25) is 0 Å². The zero-order valence-electron chi connectivity index (χ0n) is 21.8. The molecule has 10 atom stereocenters. The summed E-state index contributed by atoms with van der Waals surface area (Å²) in [5.74, 6) is -0.521. The number of phenolic OH excluding ortho intramolecular Hbond substituents is 2. The Labute approximate surface area is 233 Å². The van der Waals surface area contributed by atoms with Gasteiger partial charge in [-0.1, -0.05) is 12.1 Å². The summed E-state index contributed by atoms with van der Waals surface area (Å²) in [5, 5.41) is 70.9. The molecule has 224 valence electrons. The van der Waals surface area contributed by atoms with Crippen molar-refractivity contribution in [3.8, 4) is 23.0 Å². The van der Waals surface area contributed by atoms with Crippen LogP contribution >= 0.6 is 0 Å². The van der Waals surface area contributed by atoms with Gasteiger partial charge in [0, 0.05) is 12.1 Å². The van der Waals surface area contributed by atoms with E-state index >= 15 is 0 Å². The highest BCUT2D eigenvalue weighted by atomic mass is 17.2. The first-order valence-corrected chi connectivity index (χ1v) is 13.0. The van der Waals surface area contributed by atoms with Gasteiger partial charge in [-0.05, 0) is 24.6 Å². The van der Waals surface area contributed by atoms with Crippen molar-refractivity contribution in [3.63, 3.8) is 0 Å². The first-order valence-electron chi connectivity index (χ1n) is 13.0. The fourth-order valence-corrected chi connectivity index (χ4v) is 4.95. The predicted molar refractivity (Wildman–Crippen MR) is 134 cm³/mol. The Kier molecular flexibility index (Phi) is 8.65. The maximum atomic E-state index is 12.8. The largest absolute Gasteiger partial charge is 0.508 e. The van der Waals surface area contributed by atoms with Gasteiger partial charge in [-0.15, -0.1) is 0 Å². The number of benzene rings is 2. The number of ketones is 1. The van der Waals surface area contributed by atoms with E-state index in [1.165, 1.54) is 31.2 Å². The summed E-state index contributed by atoms with van der Waals surface area (Å²) < 4.78 is 23.0. The molecule has 2 fully saturated rings. The highest BCUT2D eigenvalue weighted by molar-refractivity contribution is 6.02. The standard InChI is InChI=1S/C27H32O14/c1-11-22(32)24(34)25(35)27(37-11)39-26-20(41-40-19(9-28)23(26)33)10-36-14-6-15(30)21-16(31)8-17(38-18(21)7-14)12-2-4-13(29)5-3-12/h2-7,11,17,19-20,22-30,32-35H,8-10H2,1H3. The lowest BCUT2D eigenvalue weighted by atomic mass is 9.95. The fraction of sp³-hybridized carbons (Fsp3) is 0.519. The summed E-state index contributed by atoms with van der Waals surface area (Å²) in [6, 6.07) is 8.79. The Hall–Kier alpha value is -3.05. The van der Waals surface area contributed by atoms with Gasteiger partial charge in [-0.3, -0.25) is 4.79 Å². The van der Waals surface area contributed by atoms with Crippen molar-refractivity contribution >= 4 is 5.78 Å². The van der Waals surface area contributed by atoms with E-state index in [1.54, 1.807) is 12.1 Å². The molecule has 5 rings (SSSR count). The van der Waals surface area contributed by atoms with Gasteiger partial charge >= 0.3 is 0 Å². The van der Waals surface area contributed by atoms with Gasteiger partial charge < -0.3 is 54.7 Å². The lowest BCUT2D eigenvalue weighted by molar-refractivity contribution is -0.434. The summed E-state index contributed by atoms with van der Waals surface area (Å²) >= 11 is 0. The Bertz CT molecular complexity index is 1220. The number of carbonyl (C=O) groups excluding carboxylic acids is 1. The Balaban J connectivity index is 1.32. The highest BCUT2D eigenvalue weighted by Crippen LogP contribution is 2.42. The molecule has 0 saturated carbocycles. The van der Waals surface area contributed by atoms with Gasteiger partial charge in [0.25, 0.3) is 0 Å². The summed E-state index contributed by atoms with van der Waals surface area (Å²) in [6.45, 7) is 0.482. The normalized spacial score (nSPS) is 35.4. The maximum Gasteiger partial charge on any atom is 0.187 e. The van der Waals surface area contributed by atoms with Crippen LogP contribution in [0.1, 0.15) is 35.4 Å². The van der Waals surface area contributed by atoms with E-state index in [9.17, 15) is 40.5 Å². The van der Waals surface area contributed by atoms with Crippen molar-refractivity contribution in [2.45, 2.75) is 74.6 Å². The van der Waals surface area contributed by atoms with Crippen molar-refractivity contribution in [1.29, 1.82) is 0 Å². The smallest absolute Gasteiger partial charge is 0.187 e. The van der Waals surface area contributed by atoms with Crippen LogP contribution in [0.15, 0.2) is 36.4 Å². The molecular weight excluding hydrogens is 548 g/mol. The Morgan fingerprint density at radius 2 is 1.63 bits per heavy atom. The molecule has 0 amide bonds. The van der Waals surface area contributed by atoms with Crippen molar-refractivity contribution < 1.29 is 69.3 Å². The van der Waals surface area contributed by atoms with Crippen LogP contribution in [0, 0.1) is 0 Å². The van der Waals surface area contributed by atoms with Crippen LogP contribution in [-0.2, 0) is 19.2 Å². The summed E-state index contributed by atoms with van der Waals surface area (Å²) in [5.41, 5.74) is 0.636. The molecule has 41 heavy (non-hydrogen) atoms. The lowest BCUT2D eigenvalue weighted by Crippen LogP contribution is -2.62. The molecule has 0 spiro atoms. The molecule has 2 aromatic rings. The van der Waals surface area contributed by atoms with Crippen molar-refractivity contribution in [1.82, 2.24) is 0 Å². The number of hydrogen-bond donors (Lipinski definition) is 7. The third-order valence-corrected chi connectivity index (χ3v) is 7.32. The van der Waals surface area contributed by atoms with E-state index < -0.39 is 67.8 Å². The zero-order chi connectivity index (χ0) is 29.4. The monoisotopic (exact) mass is 580 g/mol. The number of rotatable bonds is 7. The van der Waals surface area contributed by atoms with Crippen LogP contribution in [0.5, 0.6) is 23.0 Å².